The lowest BCUT2D eigenvalue weighted by atomic mass is 9.89. The Bertz CT molecular complexity index is 461. The number of hydrogen-bond acceptors (Lipinski definition) is 5. The molecule has 2 N–H and O–H groups in total. The number of aliphatic hydroxyl groups excluding tert-OH is 2. The summed E-state index contributed by atoms with van der Waals surface area (Å²) in [6.07, 6.45) is -3.77. The van der Waals surface area contributed by atoms with Gasteiger partial charge in [0, 0.05) is 5.56 Å². The van der Waals surface area contributed by atoms with Crippen LogP contribution >= 0.6 is 0 Å². The second-order valence-electron chi connectivity index (χ2n) is 6.04. The van der Waals surface area contributed by atoms with E-state index in [4.69, 9.17) is 14.2 Å². The van der Waals surface area contributed by atoms with Crippen LogP contribution in [0.3, 0.4) is 0 Å². The number of fused-ring (bicyclic) bond motifs is 1. The summed E-state index contributed by atoms with van der Waals surface area (Å²) in [7, 11) is 0. The third-order valence-electron chi connectivity index (χ3n) is 4.14. The highest BCUT2D eigenvalue weighted by molar-refractivity contribution is 5.16. The fourth-order valence-electron chi connectivity index (χ4n) is 2.97. The molecule has 0 bridgehead atoms. The van der Waals surface area contributed by atoms with E-state index in [1.165, 1.54) is 0 Å². The molecule has 0 saturated carbocycles. The van der Waals surface area contributed by atoms with E-state index in [9.17, 15) is 10.2 Å². The highest BCUT2D eigenvalue weighted by Gasteiger charge is 2.49. The van der Waals surface area contributed by atoms with Crippen LogP contribution in [0, 0.1) is 5.92 Å². The maximum absolute atomic E-state index is 10.3. The minimum atomic E-state index is -0.966. The molecule has 1 aromatic carbocycles. The monoisotopic (exact) mass is 294 g/mol. The second-order valence-corrected chi connectivity index (χ2v) is 6.04. The van der Waals surface area contributed by atoms with E-state index in [-0.39, 0.29) is 12.0 Å². The van der Waals surface area contributed by atoms with Crippen LogP contribution in [0.4, 0.5) is 0 Å². The molecule has 2 fully saturated rings. The standard InChI is InChI=1S/C16H22O5/c1-9(2)14-12(17)13(18)15-11(20-14)8-19-16(21-15)10-6-4-3-5-7-10/h3-7,9,11-18H,8H2,1-2H3/t11-,12-,13-,14?,15+,16?/m1/s1. The van der Waals surface area contributed by atoms with Crippen LogP contribution in [0.15, 0.2) is 30.3 Å². The molecule has 0 aliphatic carbocycles. The average Bonchev–Trinajstić information content (AvgIpc) is 2.51. The molecule has 0 aromatic heterocycles. The lowest BCUT2D eigenvalue weighted by Crippen LogP contribution is -2.62. The average molecular weight is 294 g/mol. The van der Waals surface area contributed by atoms with E-state index < -0.39 is 30.7 Å². The molecule has 116 valence electrons. The lowest BCUT2D eigenvalue weighted by Gasteiger charge is -2.47. The first-order valence-corrected chi connectivity index (χ1v) is 7.41. The molecule has 6 atom stereocenters. The molecule has 2 aliphatic rings. The first-order valence-electron chi connectivity index (χ1n) is 7.41. The zero-order valence-electron chi connectivity index (χ0n) is 12.3. The fourth-order valence-corrected chi connectivity index (χ4v) is 2.97. The Morgan fingerprint density at radius 1 is 1.05 bits per heavy atom. The number of hydrogen-bond donors (Lipinski definition) is 2. The zero-order chi connectivity index (χ0) is 15.0. The molecule has 2 heterocycles. The maximum atomic E-state index is 10.3. The summed E-state index contributed by atoms with van der Waals surface area (Å²) in [5, 5.41) is 20.6. The van der Waals surface area contributed by atoms with Gasteiger partial charge in [-0.25, -0.2) is 0 Å². The van der Waals surface area contributed by atoms with Gasteiger partial charge in [-0.1, -0.05) is 44.2 Å². The van der Waals surface area contributed by atoms with Crippen LogP contribution in [0.25, 0.3) is 0 Å². The normalized spacial score (nSPS) is 40.0. The van der Waals surface area contributed by atoms with Gasteiger partial charge in [0.2, 0.25) is 0 Å². The molecule has 2 saturated heterocycles. The predicted molar refractivity (Wildman–Crippen MR) is 75.5 cm³/mol. The minimum Gasteiger partial charge on any atom is -0.388 e. The molecule has 3 rings (SSSR count). The van der Waals surface area contributed by atoms with Crippen LogP contribution < -0.4 is 0 Å². The van der Waals surface area contributed by atoms with Crippen molar-refractivity contribution >= 4 is 0 Å². The van der Waals surface area contributed by atoms with Gasteiger partial charge in [0.25, 0.3) is 0 Å². The van der Waals surface area contributed by atoms with Crippen molar-refractivity contribution in [3.05, 3.63) is 35.9 Å². The SMILES string of the molecule is CC(C)C1O[C@@H]2COC(c3ccccc3)O[C@@H]2[C@H](O)[C@H]1O. The molecule has 5 nitrogen and oxygen atoms in total. The van der Waals surface area contributed by atoms with E-state index in [1.54, 1.807) is 0 Å². The molecule has 0 radical (unpaired) electrons. The summed E-state index contributed by atoms with van der Waals surface area (Å²) >= 11 is 0. The van der Waals surface area contributed by atoms with E-state index in [0.29, 0.717) is 6.61 Å². The predicted octanol–water partition coefficient (Wildman–Crippen LogP) is 1.25. The smallest absolute Gasteiger partial charge is 0.184 e. The first-order chi connectivity index (χ1) is 10.1. The van der Waals surface area contributed by atoms with Gasteiger partial charge >= 0.3 is 0 Å². The molecular formula is C16H22O5. The summed E-state index contributed by atoms with van der Waals surface area (Å²) in [5.41, 5.74) is 0.892. The molecule has 1 aromatic rings. The van der Waals surface area contributed by atoms with Crippen molar-refractivity contribution in [1.29, 1.82) is 0 Å². The number of aliphatic hydroxyl groups is 2. The van der Waals surface area contributed by atoms with Crippen molar-refractivity contribution in [2.45, 2.75) is 50.7 Å². The number of ether oxygens (including phenoxy) is 3. The third kappa shape index (κ3) is 2.84. The molecule has 2 unspecified atom stereocenters. The zero-order valence-corrected chi connectivity index (χ0v) is 12.3. The van der Waals surface area contributed by atoms with E-state index in [0.717, 1.165) is 5.56 Å². The number of rotatable bonds is 2. The summed E-state index contributed by atoms with van der Waals surface area (Å²) in [6, 6.07) is 9.56. The van der Waals surface area contributed by atoms with Gasteiger partial charge in [-0.2, -0.15) is 0 Å². The fraction of sp³-hybridized carbons (Fsp3) is 0.625. The van der Waals surface area contributed by atoms with Crippen molar-refractivity contribution in [3.63, 3.8) is 0 Å². The highest BCUT2D eigenvalue weighted by Crippen LogP contribution is 2.35. The maximum Gasteiger partial charge on any atom is 0.184 e. The van der Waals surface area contributed by atoms with Crippen LogP contribution in [0.1, 0.15) is 25.7 Å². The Hall–Kier alpha value is -0.980. The Kier molecular flexibility index (Phi) is 4.28. The van der Waals surface area contributed by atoms with Gasteiger partial charge < -0.3 is 24.4 Å². The Labute approximate surface area is 124 Å². The minimum absolute atomic E-state index is 0.113. The first kappa shape index (κ1) is 14.9. The van der Waals surface area contributed by atoms with Gasteiger partial charge in [0.05, 0.1) is 12.7 Å². The second kappa shape index (κ2) is 6.02. The van der Waals surface area contributed by atoms with Crippen LogP contribution in [-0.4, -0.2) is 47.3 Å². The summed E-state index contributed by atoms with van der Waals surface area (Å²) in [5.74, 6) is 0.113. The van der Waals surface area contributed by atoms with Crippen molar-refractivity contribution in [3.8, 4) is 0 Å². The summed E-state index contributed by atoms with van der Waals surface area (Å²) in [4.78, 5) is 0. The van der Waals surface area contributed by atoms with Gasteiger partial charge in [0.15, 0.2) is 6.29 Å². The van der Waals surface area contributed by atoms with Gasteiger partial charge in [-0.15, -0.1) is 0 Å². The Morgan fingerprint density at radius 3 is 2.43 bits per heavy atom. The van der Waals surface area contributed by atoms with Crippen molar-refractivity contribution in [1.82, 2.24) is 0 Å². The molecule has 5 heteroatoms. The van der Waals surface area contributed by atoms with E-state index in [2.05, 4.69) is 0 Å². The van der Waals surface area contributed by atoms with E-state index in [1.807, 2.05) is 44.2 Å². The molecule has 21 heavy (non-hydrogen) atoms. The summed E-state index contributed by atoms with van der Waals surface area (Å²) < 4.78 is 17.4. The van der Waals surface area contributed by atoms with Gasteiger partial charge in [-0.3, -0.25) is 0 Å². The van der Waals surface area contributed by atoms with E-state index >= 15 is 0 Å². The van der Waals surface area contributed by atoms with Gasteiger partial charge in [-0.05, 0) is 5.92 Å². The topological polar surface area (TPSA) is 68.2 Å². The number of benzene rings is 1. The van der Waals surface area contributed by atoms with Crippen molar-refractivity contribution in [2.24, 2.45) is 5.92 Å². The third-order valence-corrected chi connectivity index (χ3v) is 4.14. The Morgan fingerprint density at radius 2 is 1.76 bits per heavy atom. The molecule has 2 aliphatic heterocycles. The lowest BCUT2D eigenvalue weighted by molar-refractivity contribution is -0.332. The van der Waals surface area contributed by atoms with Crippen molar-refractivity contribution < 1.29 is 24.4 Å². The quantitative estimate of drug-likeness (QED) is 0.859. The van der Waals surface area contributed by atoms with Crippen molar-refractivity contribution in [2.75, 3.05) is 6.61 Å². The molecule has 0 amide bonds. The molecular weight excluding hydrogens is 272 g/mol. The van der Waals surface area contributed by atoms with Gasteiger partial charge in [0.1, 0.15) is 24.4 Å². The highest BCUT2D eigenvalue weighted by atomic mass is 16.7. The largest absolute Gasteiger partial charge is 0.388 e. The van der Waals surface area contributed by atoms with Crippen LogP contribution in [-0.2, 0) is 14.2 Å². The Balaban J connectivity index is 1.74. The van der Waals surface area contributed by atoms with Crippen LogP contribution in [0.5, 0.6) is 0 Å². The molecule has 0 spiro atoms. The van der Waals surface area contributed by atoms with Crippen LogP contribution in [0.2, 0.25) is 0 Å². The summed E-state index contributed by atoms with van der Waals surface area (Å²) in [6.45, 7) is 4.26.